The summed E-state index contributed by atoms with van der Waals surface area (Å²) in [5.41, 5.74) is 15.5. The Hall–Kier alpha value is -1.53. The normalized spacial score (nSPS) is 24.9. The van der Waals surface area contributed by atoms with Crippen LogP contribution in [0.15, 0.2) is 71.8 Å². The van der Waals surface area contributed by atoms with Gasteiger partial charge in [0, 0.05) is 0 Å². The second kappa shape index (κ2) is 16.9. The van der Waals surface area contributed by atoms with Crippen LogP contribution in [-0.4, -0.2) is 3.71 Å². The molecule has 3 heteroatoms. The van der Waals surface area contributed by atoms with Crippen LogP contribution in [0.3, 0.4) is 0 Å². The molecule has 0 aliphatic heterocycles. The molecule has 0 nitrogen and oxygen atoms in total. The van der Waals surface area contributed by atoms with Gasteiger partial charge in [0.05, 0.1) is 0 Å². The number of rotatable bonds is 3. The number of allylic oxidation sites excluding steroid dienone is 4. The first-order valence-corrected chi connectivity index (χ1v) is 21.4. The minimum Gasteiger partial charge on any atom is -1.00 e. The fourth-order valence-electron chi connectivity index (χ4n) is 10.1. The molecule has 4 bridgehead atoms. The minimum absolute atomic E-state index is 0. The maximum absolute atomic E-state index is 3.67. The molecular formula is C50H64Cl2Zr-2. The first-order chi connectivity index (χ1) is 23.8. The monoisotopic (exact) mass is 824 g/mol. The summed E-state index contributed by atoms with van der Waals surface area (Å²) in [4.78, 5) is 0. The van der Waals surface area contributed by atoms with E-state index in [2.05, 4.69) is 153 Å². The summed E-state index contributed by atoms with van der Waals surface area (Å²) in [6.07, 6.45) is 17.8. The van der Waals surface area contributed by atoms with Crippen LogP contribution in [0.25, 0.3) is 11.1 Å². The van der Waals surface area contributed by atoms with Crippen LogP contribution in [0.2, 0.25) is 0 Å². The van der Waals surface area contributed by atoms with Crippen molar-refractivity contribution in [3.63, 3.8) is 0 Å². The third-order valence-corrected chi connectivity index (χ3v) is 13.3. The van der Waals surface area contributed by atoms with Gasteiger partial charge in [-0.05, 0) is 90.1 Å². The Labute approximate surface area is 351 Å². The van der Waals surface area contributed by atoms with E-state index in [1.54, 1.807) is 44.1 Å². The van der Waals surface area contributed by atoms with Crippen LogP contribution in [0.5, 0.6) is 0 Å². The summed E-state index contributed by atoms with van der Waals surface area (Å²) in [5.74, 6) is 3.82. The van der Waals surface area contributed by atoms with E-state index in [0.29, 0.717) is 11.3 Å². The smallest absolute Gasteiger partial charge is 0.0402 e. The van der Waals surface area contributed by atoms with E-state index >= 15 is 0 Å². The summed E-state index contributed by atoms with van der Waals surface area (Å²) in [6, 6.07) is 24.0. The SMILES string of the molecule is CC(C)(C)c1[c-]c2c(cc1)-c1ccc(C(C)(C)C)cc1C2.CC(C)(C)c1ccc([CH]=[Zr+2])cc1.CC1=[C-]C(C)C=C1CC12CC3CC(CC(C3)C1)C2.[Cl-].[Cl-]. The van der Waals surface area contributed by atoms with Gasteiger partial charge in [0.2, 0.25) is 0 Å². The molecule has 0 N–H and O–H groups in total. The summed E-state index contributed by atoms with van der Waals surface area (Å²) in [5, 5.41) is 0. The van der Waals surface area contributed by atoms with Gasteiger partial charge in [0.15, 0.2) is 0 Å². The Kier molecular flexibility index (Phi) is 14.1. The standard InChI is InChI=1S/C21H25.C18H25.C11H14.2ClH.Zr/c1-20(2,3)16-7-9-18-14(12-16)11-15-13-17(21(4,5)6)8-10-19(15)18;1-12-3-13(2)17(4-12)11-18-8-14-5-15(9-18)7-16(6-14)10-18;1-9-5-7-10(8-6-9)11(2,3)4;;;/h7-10,12H,11H2,1-6H3;4,12,14-16H,5-11H2,1-2H3;1,5-8H,2-4H3;2*1H;/q2*-1;;;;+2/p-2. The first-order valence-electron chi connectivity index (χ1n) is 19.9. The van der Waals surface area contributed by atoms with Gasteiger partial charge >= 0.3 is 89.5 Å². The van der Waals surface area contributed by atoms with E-state index < -0.39 is 0 Å². The van der Waals surface area contributed by atoms with E-state index in [-0.39, 0.29) is 41.1 Å². The van der Waals surface area contributed by atoms with Gasteiger partial charge in [0.25, 0.3) is 0 Å². The minimum atomic E-state index is 0. The maximum atomic E-state index is 3.67. The largest absolute Gasteiger partial charge is 1.00 e. The molecule has 9 rings (SSSR count). The van der Waals surface area contributed by atoms with Crippen molar-refractivity contribution in [3.8, 4) is 11.1 Å². The zero-order chi connectivity index (χ0) is 36.9. The van der Waals surface area contributed by atoms with Crippen molar-refractivity contribution in [2.75, 3.05) is 0 Å². The molecular weight excluding hydrogens is 763 g/mol. The topological polar surface area (TPSA) is 0 Å². The van der Waals surface area contributed by atoms with Crippen LogP contribution in [-0.2, 0) is 46.9 Å². The van der Waals surface area contributed by atoms with Crippen LogP contribution >= 0.6 is 0 Å². The van der Waals surface area contributed by atoms with Gasteiger partial charge in [-0.2, -0.15) is 35.4 Å². The first kappa shape index (κ1) is 44.2. The Bertz CT molecular complexity index is 1700. The van der Waals surface area contributed by atoms with Crippen molar-refractivity contribution < 1.29 is 49.0 Å². The Morgan fingerprint density at radius 3 is 1.72 bits per heavy atom. The Balaban J connectivity index is 0.000000180. The Morgan fingerprint density at radius 2 is 1.25 bits per heavy atom. The van der Waals surface area contributed by atoms with Crippen molar-refractivity contribution in [3.05, 3.63) is 117 Å². The molecule has 284 valence electrons. The predicted octanol–water partition coefficient (Wildman–Crippen LogP) is 7.26. The third kappa shape index (κ3) is 10.5. The molecule has 0 amide bonds. The molecule has 0 radical (unpaired) electrons. The van der Waals surface area contributed by atoms with E-state index in [0.717, 1.165) is 24.2 Å². The zero-order valence-electron chi connectivity index (χ0n) is 34.6. The van der Waals surface area contributed by atoms with Crippen LogP contribution in [0.4, 0.5) is 0 Å². The molecule has 3 aromatic carbocycles. The van der Waals surface area contributed by atoms with Crippen LogP contribution in [0.1, 0.15) is 154 Å². The second-order valence-corrected chi connectivity index (χ2v) is 20.9. The predicted molar refractivity (Wildman–Crippen MR) is 216 cm³/mol. The summed E-state index contributed by atoms with van der Waals surface area (Å²) in [6.45, 7) is 24.9. The number of benzene rings is 3. The molecule has 3 aromatic rings. The van der Waals surface area contributed by atoms with Crippen molar-refractivity contribution in [2.24, 2.45) is 29.1 Å². The molecule has 4 fully saturated rings. The molecule has 6 aliphatic rings. The number of hydrogen-bond donors (Lipinski definition) is 0. The van der Waals surface area contributed by atoms with E-state index in [1.165, 1.54) is 80.7 Å². The van der Waals surface area contributed by atoms with Crippen molar-refractivity contribution >= 4 is 3.71 Å². The summed E-state index contributed by atoms with van der Waals surface area (Å²) >= 11 is 1.46. The fourth-order valence-corrected chi connectivity index (χ4v) is 10.6. The zero-order valence-corrected chi connectivity index (χ0v) is 38.5. The second-order valence-electron chi connectivity index (χ2n) is 20.2. The van der Waals surface area contributed by atoms with Gasteiger partial charge in [-0.15, -0.1) is 11.1 Å². The molecule has 0 aromatic heterocycles. The molecule has 0 heterocycles. The Morgan fingerprint density at radius 1 is 0.717 bits per heavy atom. The molecule has 0 spiro atoms. The van der Waals surface area contributed by atoms with Crippen LogP contribution in [0, 0.1) is 41.2 Å². The molecule has 6 aliphatic carbocycles. The maximum Gasteiger partial charge on any atom is -0.0402 e. The van der Waals surface area contributed by atoms with E-state index in [4.69, 9.17) is 0 Å². The van der Waals surface area contributed by atoms with E-state index in [9.17, 15) is 0 Å². The number of halogens is 2. The van der Waals surface area contributed by atoms with Gasteiger partial charge < -0.3 is 24.8 Å². The van der Waals surface area contributed by atoms with Gasteiger partial charge in [-0.1, -0.05) is 91.5 Å². The molecule has 0 saturated heterocycles. The third-order valence-electron chi connectivity index (χ3n) is 12.5. The summed E-state index contributed by atoms with van der Waals surface area (Å²) < 4.78 is 2.21. The van der Waals surface area contributed by atoms with Crippen LogP contribution < -0.4 is 24.8 Å². The average Bonchev–Trinajstić information content (AvgIpc) is 3.56. The average molecular weight is 827 g/mol. The quantitative estimate of drug-likeness (QED) is 0.191. The van der Waals surface area contributed by atoms with Crippen molar-refractivity contribution in [2.45, 2.75) is 144 Å². The molecule has 53 heavy (non-hydrogen) atoms. The molecule has 1 atom stereocenters. The van der Waals surface area contributed by atoms with Gasteiger partial charge in [0.1, 0.15) is 0 Å². The number of fused-ring (bicyclic) bond motifs is 3. The van der Waals surface area contributed by atoms with E-state index in [1.807, 2.05) is 0 Å². The molecule has 1 unspecified atom stereocenters. The van der Waals surface area contributed by atoms with Crippen molar-refractivity contribution in [1.82, 2.24) is 0 Å². The van der Waals surface area contributed by atoms with Gasteiger partial charge in [-0.3, -0.25) is 6.08 Å². The summed E-state index contributed by atoms with van der Waals surface area (Å²) in [7, 11) is 0. The molecule has 4 saturated carbocycles. The fraction of sp³-hybridized carbons (Fsp3) is 0.540. The van der Waals surface area contributed by atoms with Gasteiger partial charge in [-0.25, -0.2) is 5.57 Å². The van der Waals surface area contributed by atoms with Crippen molar-refractivity contribution in [1.29, 1.82) is 0 Å². The number of hydrogen-bond acceptors (Lipinski definition) is 0.